The molecule has 2 aliphatic rings. The summed E-state index contributed by atoms with van der Waals surface area (Å²) >= 11 is 3.60. The minimum Gasteiger partial charge on any atom is -0.356 e. The van der Waals surface area contributed by atoms with Gasteiger partial charge in [0.15, 0.2) is 0 Å². The number of aromatic nitrogens is 1. The molecule has 0 amide bonds. The van der Waals surface area contributed by atoms with Crippen molar-refractivity contribution < 1.29 is 0 Å². The molecule has 1 saturated carbocycles. The molecule has 1 aromatic heterocycles. The Morgan fingerprint density at radius 3 is 2.47 bits per heavy atom. The molecule has 1 spiro atoms. The molecule has 1 aliphatic carbocycles. The highest BCUT2D eigenvalue weighted by Gasteiger charge is 2.37. The maximum absolute atomic E-state index is 4.50. The van der Waals surface area contributed by atoms with Crippen LogP contribution in [0.25, 0.3) is 0 Å². The van der Waals surface area contributed by atoms with Crippen molar-refractivity contribution in [3.63, 3.8) is 0 Å². The van der Waals surface area contributed by atoms with E-state index in [9.17, 15) is 0 Å². The van der Waals surface area contributed by atoms with Crippen LogP contribution in [0.3, 0.4) is 0 Å². The minimum atomic E-state index is 0.692. The Bertz CT molecular complexity index is 389. The Balaban J connectivity index is 1.71. The summed E-state index contributed by atoms with van der Waals surface area (Å²) in [5, 5.41) is 0. The van der Waals surface area contributed by atoms with Gasteiger partial charge in [-0.3, -0.25) is 0 Å². The van der Waals surface area contributed by atoms with Crippen LogP contribution in [0.4, 0.5) is 5.82 Å². The number of piperidine rings is 1. The van der Waals surface area contributed by atoms with Crippen molar-refractivity contribution >= 4 is 21.7 Å². The molecular formula is C14H19BrN2. The van der Waals surface area contributed by atoms with Crippen LogP contribution in [0.5, 0.6) is 0 Å². The van der Waals surface area contributed by atoms with Gasteiger partial charge in [-0.1, -0.05) is 12.8 Å². The van der Waals surface area contributed by atoms with E-state index >= 15 is 0 Å². The van der Waals surface area contributed by atoms with Crippen LogP contribution < -0.4 is 4.90 Å². The third kappa shape index (κ3) is 2.22. The normalized spacial score (nSPS) is 23.2. The van der Waals surface area contributed by atoms with Gasteiger partial charge in [0, 0.05) is 19.3 Å². The summed E-state index contributed by atoms with van der Waals surface area (Å²) in [4.78, 5) is 6.93. The highest BCUT2D eigenvalue weighted by atomic mass is 79.9. The number of hydrogen-bond acceptors (Lipinski definition) is 2. The number of hydrogen-bond donors (Lipinski definition) is 0. The van der Waals surface area contributed by atoms with Crippen molar-refractivity contribution in [2.45, 2.75) is 38.5 Å². The first-order valence-electron chi connectivity index (χ1n) is 6.65. The number of nitrogens with zero attached hydrogens (tertiary/aromatic N) is 2. The van der Waals surface area contributed by atoms with Crippen LogP contribution in [0.15, 0.2) is 22.8 Å². The van der Waals surface area contributed by atoms with Crippen molar-refractivity contribution in [1.82, 2.24) is 4.98 Å². The van der Waals surface area contributed by atoms with E-state index in [1.165, 1.54) is 51.6 Å². The molecule has 92 valence electrons. The second-order valence-electron chi connectivity index (χ2n) is 5.50. The third-order valence-electron chi connectivity index (χ3n) is 4.53. The highest BCUT2D eigenvalue weighted by molar-refractivity contribution is 9.10. The Morgan fingerprint density at radius 2 is 1.82 bits per heavy atom. The van der Waals surface area contributed by atoms with Gasteiger partial charge in [0.2, 0.25) is 0 Å². The molecule has 2 nitrogen and oxygen atoms in total. The SMILES string of the molecule is Brc1cccnc1N1CCC2(CCCC2)CC1. The molecule has 0 atom stereocenters. The molecule has 2 heterocycles. The van der Waals surface area contributed by atoms with Crippen molar-refractivity contribution in [2.75, 3.05) is 18.0 Å². The molecule has 0 unspecified atom stereocenters. The summed E-state index contributed by atoms with van der Waals surface area (Å²) in [5.41, 5.74) is 0.692. The summed E-state index contributed by atoms with van der Waals surface area (Å²) in [6, 6.07) is 4.07. The van der Waals surface area contributed by atoms with E-state index in [1.807, 2.05) is 12.3 Å². The second kappa shape index (κ2) is 4.60. The molecule has 0 aromatic carbocycles. The fraction of sp³-hybridized carbons (Fsp3) is 0.643. The van der Waals surface area contributed by atoms with E-state index in [4.69, 9.17) is 0 Å². The lowest BCUT2D eigenvalue weighted by molar-refractivity contribution is 0.226. The molecule has 1 saturated heterocycles. The van der Waals surface area contributed by atoms with Gasteiger partial charge in [0.1, 0.15) is 5.82 Å². The van der Waals surface area contributed by atoms with E-state index < -0.39 is 0 Å². The number of pyridine rings is 1. The largest absolute Gasteiger partial charge is 0.356 e. The van der Waals surface area contributed by atoms with Crippen LogP contribution in [0.1, 0.15) is 38.5 Å². The smallest absolute Gasteiger partial charge is 0.142 e. The Hall–Kier alpha value is -0.570. The first-order chi connectivity index (χ1) is 8.29. The Labute approximate surface area is 112 Å². The van der Waals surface area contributed by atoms with E-state index in [2.05, 4.69) is 31.9 Å². The fourth-order valence-electron chi connectivity index (χ4n) is 3.43. The average molecular weight is 295 g/mol. The van der Waals surface area contributed by atoms with Crippen molar-refractivity contribution in [3.8, 4) is 0 Å². The van der Waals surface area contributed by atoms with Crippen LogP contribution >= 0.6 is 15.9 Å². The van der Waals surface area contributed by atoms with Gasteiger partial charge in [0.25, 0.3) is 0 Å². The molecule has 17 heavy (non-hydrogen) atoms. The highest BCUT2D eigenvalue weighted by Crippen LogP contribution is 2.46. The molecule has 1 aliphatic heterocycles. The van der Waals surface area contributed by atoms with Gasteiger partial charge in [-0.15, -0.1) is 0 Å². The maximum Gasteiger partial charge on any atom is 0.142 e. The van der Waals surface area contributed by atoms with Gasteiger partial charge in [-0.05, 0) is 59.2 Å². The molecule has 1 aromatic rings. The van der Waals surface area contributed by atoms with Gasteiger partial charge in [0.05, 0.1) is 4.47 Å². The monoisotopic (exact) mass is 294 g/mol. The Morgan fingerprint density at radius 1 is 1.12 bits per heavy atom. The zero-order valence-electron chi connectivity index (χ0n) is 10.2. The third-order valence-corrected chi connectivity index (χ3v) is 5.15. The van der Waals surface area contributed by atoms with Gasteiger partial charge < -0.3 is 4.90 Å². The Kier molecular flexibility index (Phi) is 3.12. The molecule has 0 N–H and O–H groups in total. The average Bonchev–Trinajstić information content (AvgIpc) is 2.80. The standard InChI is InChI=1S/C14H19BrN2/c15-12-4-3-9-16-13(12)17-10-7-14(8-11-17)5-1-2-6-14/h3-4,9H,1-2,5-8,10-11H2. The van der Waals surface area contributed by atoms with Gasteiger partial charge >= 0.3 is 0 Å². The summed E-state index contributed by atoms with van der Waals surface area (Å²) in [5.74, 6) is 1.13. The lowest BCUT2D eigenvalue weighted by Crippen LogP contribution is -2.39. The minimum absolute atomic E-state index is 0.692. The zero-order chi connectivity index (χ0) is 11.7. The van der Waals surface area contributed by atoms with Crippen LogP contribution in [-0.4, -0.2) is 18.1 Å². The fourth-order valence-corrected chi connectivity index (χ4v) is 3.93. The predicted octanol–water partition coefficient (Wildman–Crippen LogP) is 4.00. The number of rotatable bonds is 1. The van der Waals surface area contributed by atoms with Gasteiger partial charge in [-0.25, -0.2) is 4.98 Å². The van der Waals surface area contributed by atoms with E-state index in [-0.39, 0.29) is 0 Å². The number of halogens is 1. The van der Waals surface area contributed by atoms with Crippen LogP contribution in [0, 0.1) is 5.41 Å². The molecule has 3 heteroatoms. The van der Waals surface area contributed by atoms with Crippen LogP contribution in [-0.2, 0) is 0 Å². The maximum atomic E-state index is 4.50. The van der Waals surface area contributed by atoms with E-state index in [0.717, 1.165) is 10.3 Å². The summed E-state index contributed by atoms with van der Waals surface area (Å²) < 4.78 is 1.13. The second-order valence-corrected chi connectivity index (χ2v) is 6.36. The quantitative estimate of drug-likeness (QED) is 0.778. The van der Waals surface area contributed by atoms with Crippen molar-refractivity contribution in [2.24, 2.45) is 5.41 Å². The van der Waals surface area contributed by atoms with Gasteiger partial charge in [-0.2, -0.15) is 0 Å². The van der Waals surface area contributed by atoms with E-state index in [0.29, 0.717) is 5.41 Å². The molecular weight excluding hydrogens is 276 g/mol. The molecule has 0 bridgehead atoms. The summed E-state index contributed by atoms with van der Waals surface area (Å²) in [6.45, 7) is 2.35. The summed E-state index contributed by atoms with van der Waals surface area (Å²) in [6.07, 6.45) is 10.4. The first-order valence-corrected chi connectivity index (χ1v) is 7.44. The first kappa shape index (κ1) is 11.5. The molecule has 2 fully saturated rings. The molecule has 3 rings (SSSR count). The topological polar surface area (TPSA) is 16.1 Å². The lowest BCUT2D eigenvalue weighted by atomic mass is 9.77. The van der Waals surface area contributed by atoms with Crippen molar-refractivity contribution in [1.29, 1.82) is 0 Å². The zero-order valence-corrected chi connectivity index (χ0v) is 11.7. The molecule has 0 radical (unpaired) electrons. The number of anilines is 1. The van der Waals surface area contributed by atoms with Crippen molar-refractivity contribution in [3.05, 3.63) is 22.8 Å². The van der Waals surface area contributed by atoms with Crippen LogP contribution in [0.2, 0.25) is 0 Å². The summed E-state index contributed by atoms with van der Waals surface area (Å²) in [7, 11) is 0. The predicted molar refractivity (Wildman–Crippen MR) is 74.3 cm³/mol. The lowest BCUT2D eigenvalue weighted by Gasteiger charge is -2.40. The van der Waals surface area contributed by atoms with E-state index in [1.54, 1.807) is 0 Å².